The Kier molecular flexibility index (Phi) is 3.64. The molecule has 4 rings (SSSR count). The van der Waals surface area contributed by atoms with Crippen LogP contribution in [0.1, 0.15) is 44.0 Å². The van der Waals surface area contributed by atoms with E-state index in [4.69, 9.17) is 16.6 Å². The van der Waals surface area contributed by atoms with Gasteiger partial charge in [-0.3, -0.25) is 0 Å². The molecule has 1 aromatic heterocycles. The molecule has 21 heavy (non-hydrogen) atoms. The van der Waals surface area contributed by atoms with Gasteiger partial charge in [-0.05, 0) is 63.2 Å². The predicted octanol–water partition coefficient (Wildman–Crippen LogP) is 3.96. The number of fused-ring (bicyclic) bond motifs is 1. The van der Waals surface area contributed by atoms with Crippen molar-refractivity contribution >= 4 is 22.6 Å². The Morgan fingerprint density at radius 1 is 1.29 bits per heavy atom. The van der Waals surface area contributed by atoms with Gasteiger partial charge in [-0.15, -0.1) is 0 Å². The van der Waals surface area contributed by atoms with Gasteiger partial charge in [-0.1, -0.05) is 17.7 Å². The van der Waals surface area contributed by atoms with E-state index in [1.54, 1.807) is 0 Å². The number of nitrogens with one attached hydrogen (secondary N) is 1. The van der Waals surface area contributed by atoms with Gasteiger partial charge in [0.25, 0.3) is 0 Å². The molecule has 1 aliphatic carbocycles. The fraction of sp³-hybridized carbons (Fsp3) is 0.588. The Bertz CT molecular complexity index is 639. The molecule has 1 aliphatic heterocycles. The van der Waals surface area contributed by atoms with Crippen LogP contribution in [0.2, 0.25) is 5.02 Å². The average molecular weight is 304 g/mol. The summed E-state index contributed by atoms with van der Waals surface area (Å²) in [5, 5.41) is 4.35. The van der Waals surface area contributed by atoms with Crippen molar-refractivity contribution < 1.29 is 0 Å². The van der Waals surface area contributed by atoms with E-state index < -0.39 is 0 Å². The van der Waals surface area contributed by atoms with E-state index in [2.05, 4.69) is 16.0 Å². The number of benzene rings is 1. The van der Waals surface area contributed by atoms with Crippen molar-refractivity contribution in [2.45, 2.75) is 44.6 Å². The summed E-state index contributed by atoms with van der Waals surface area (Å²) in [5.41, 5.74) is 2.21. The second-order valence-electron chi connectivity index (χ2n) is 6.49. The molecule has 0 amide bonds. The summed E-state index contributed by atoms with van der Waals surface area (Å²) in [4.78, 5) is 4.88. The lowest BCUT2D eigenvalue weighted by atomic mass is 9.94. The van der Waals surface area contributed by atoms with Crippen LogP contribution in [0.15, 0.2) is 18.2 Å². The van der Waals surface area contributed by atoms with Gasteiger partial charge < -0.3 is 9.88 Å². The molecule has 1 saturated carbocycles. The zero-order valence-corrected chi connectivity index (χ0v) is 13.1. The van der Waals surface area contributed by atoms with Crippen LogP contribution in [0.5, 0.6) is 0 Å². The van der Waals surface area contributed by atoms with E-state index >= 15 is 0 Å². The molecule has 1 unspecified atom stereocenters. The Hall–Kier alpha value is -1.06. The first kappa shape index (κ1) is 13.6. The number of hydrogen-bond donors (Lipinski definition) is 1. The van der Waals surface area contributed by atoms with Crippen molar-refractivity contribution in [2.24, 2.45) is 5.92 Å². The van der Waals surface area contributed by atoms with Crippen molar-refractivity contribution in [3.63, 3.8) is 0 Å². The van der Waals surface area contributed by atoms with Gasteiger partial charge in [0.2, 0.25) is 0 Å². The number of hydrogen-bond acceptors (Lipinski definition) is 2. The highest BCUT2D eigenvalue weighted by Gasteiger charge is 2.29. The number of rotatable bonds is 4. The molecule has 3 nitrogen and oxygen atoms in total. The monoisotopic (exact) mass is 303 g/mol. The Morgan fingerprint density at radius 3 is 2.95 bits per heavy atom. The molecule has 1 atom stereocenters. The first-order valence-corrected chi connectivity index (χ1v) is 8.57. The van der Waals surface area contributed by atoms with Crippen LogP contribution >= 0.6 is 11.6 Å². The van der Waals surface area contributed by atoms with Gasteiger partial charge in [0, 0.05) is 12.5 Å². The molecule has 0 radical (unpaired) electrons. The maximum Gasteiger partial charge on any atom is 0.110 e. The quantitative estimate of drug-likeness (QED) is 0.926. The number of imidazole rings is 1. The number of nitrogens with zero attached hydrogens (tertiary/aromatic N) is 2. The van der Waals surface area contributed by atoms with Crippen LogP contribution in [0.3, 0.4) is 0 Å². The maximum absolute atomic E-state index is 6.43. The van der Waals surface area contributed by atoms with E-state index in [9.17, 15) is 0 Å². The topological polar surface area (TPSA) is 29.9 Å². The average Bonchev–Trinajstić information content (AvgIpc) is 3.27. The van der Waals surface area contributed by atoms with Crippen LogP contribution in [-0.2, 0) is 6.42 Å². The highest BCUT2D eigenvalue weighted by molar-refractivity contribution is 6.35. The highest BCUT2D eigenvalue weighted by Crippen LogP contribution is 2.40. The molecule has 112 valence electrons. The van der Waals surface area contributed by atoms with Gasteiger partial charge in [0.05, 0.1) is 16.1 Å². The normalized spacial score (nSPS) is 22.8. The third-order valence-electron chi connectivity index (χ3n) is 4.82. The molecule has 0 spiro atoms. The fourth-order valence-electron chi connectivity index (χ4n) is 3.56. The molecular weight excluding hydrogens is 282 g/mol. The van der Waals surface area contributed by atoms with E-state index in [1.807, 2.05) is 12.1 Å². The Balaban J connectivity index is 1.61. The van der Waals surface area contributed by atoms with E-state index in [0.717, 1.165) is 28.4 Å². The zero-order chi connectivity index (χ0) is 14.2. The van der Waals surface area contributed by atoms with Gasteiger partial charge >= 0.3 is 0 Å². The van der Waals surface area contributed by atoms with E-state index in [1.165, 1.54) is 51.0 Å². The van der Waals surface area contributed by atoms with Crippen molar-refractivity contribution in [3.8, 4) is 0 Å². The number of piperidine rings is 1. The smallest absolute Gasteiger partial charge is 0.110 e. The molecule has 2 aromatic rings. The van der Waals surface area contributed by atoms with Gasteiger partial charge in [0.15, 0.2) is 0 Å². The Morgan fingerprint density at radius 2 is 2.19 bits per heavy atom. The first-order valence-electron chi connectivity index (χ1n) is 8.19. The minimum absolute atomic E-state index is 0.634. The predicted molar refractivity (Wildman–Crippen MR) is 86.9 cm³/mol. The number of para-hydroxylation sites is 1. The number of aryl methyl sites for hydroxylation is 1. The van der Waals surface area contributed by atoms with Crippen LogP contribution in [0, 0.1) is 5.92 Å². The van der Waals surface area contributed by atoms with Gasteiger partial charge in [-0.2, -0.15) is 0 Å². The van der Waals surface area contributed by atoms with Crippen LogP contribution in [-0.4, -0.2) is 22.6 Å². The standard InChI is InChI=1S/C17H22ClN3/c18-14-4-1-5-15-17(14)21(13-7-8-13)16(20-15)9-6-12-3-2-10-19-11-12/h1,4-5,12-13,19H,2-3,6-11H2. The van der Waals surface area contributed by atoms with E-state index in [-0.39, 0.29) is 0 Å². The number of aromatic nitrogens is 2. The van der Waals surface area contributed by atoms with Crippen molar-refractivity contribution in [1.82, 2.24) is 14.9 Å². The number of halogens is 1. The van der Waals surface area contributed by atoms with Gasteiger partial charge in [0.1, 0.15) is 5.82 Å². The second kappa shape index (κ2) is 5.62. The molecule has 1 aromatic carbocycles. The van der Waals surface area contributed by atoms with Crippen LogP contribution in [0.4, 0.5) is 0 Å². The maximum atomic E-state index is 6.43. The largest absolute Gasteiger partial charge is 0.324 e. The summed E-state index contributed by atoms with van der Waals surface area (Å²) in [7, 11) is 0. The summed E-state index contributed by atoms with van der Waals surface area (Å²) in [6.45, 7) is 2.36. The summed E-state index contributed by atoms with van der Waals surface area (Å²) in [5.74, 6) is 2.05. The van der Waals surface area contributed by atoms with Crippen molar-refractivity contribution in [2.75, 3.05) is 13.1 Å². The van der Waals surface area contributed by atoms with Crippen molar-refractivity contribution in [1.29, 1.82) is 0 Å². The minimum Gasteiger partial charge on any atom is -0.324 e. The first-order chi connectivity index (χ1) is 10.3. The third kappa shape index (κ3) is 2.69. The molecule has 2 heterocycles. The van der Waals surface area contributed by atoms with Gasteiger partial charge in [-0.25, -0.2) is 4.98 Å². The summed E-state index contributed by atoms with van der Waals surface area (Å²) >= 11 is 6.43. The third-order valence-corrected chi connectivity index (χ3v) is 5.13. The molecule has 2 aliphatic rings. The molecule has 2 fully saturated rings. The minimum atomic E-state index is 0.634. The fourth-order valence-corrected chi connectivity index (χ4v) is 3.82. The lowest BCUT2D eigenvalue weighted by Gasteiger charge is -2.22. The van der Waals surface area contributed by atoms with Crippen LogP contribution < -0.4 is 5.32 Å². The molecule has 4 heteroatoms. The van der Waals surface area contributed by atoms with E-state index in [0.29, 0.717) is 6.04 Å². The molecule has 1 N–H and O–H groups in total. The lowest BCUT2D eigenvalue weighted by molar-refractivity contribution is 0.354. The molecule has 1 saturated heterocycles. The van der Waals surface area contributed by atoms with Crippen LogP contribution in [0.25, 0.3) is 11.0 Å². The molecular formula is C17H22ClN3. The SMILES string of the molecule is Clc1cccc2nc(CCC3CCCNC3)n(C3CC3)c12. The Labute approximate surface area is 130 Å². The zero-order valence-electron chi connectivity index (χ0n) is 12.3. The summed E-state index contributed by atoms with van der Waals surface area (Å²) in [6.07, 6.45) is 7.53. The lowest BCUT2D eigenvalue weighted by Crippen LogP contribution is -2.30. The highest BCUT2D eigenvalue weighted by atomic mass is 35.5. The second-order valence-corrected chi connectivity index (χ2v) is 6.90. The summed E-state index contributed by atoms with van der Waals surface area (Å²) in [6, 6.07) is 6.71. The van der Waals surface area contributed by atoms with Crippen molar-refractivity contribution in [3.05, 3.63) is 29.0 Å². The molecule has 0 bridgehead atoms. The summed E-state index contributed by atoms with van der Waals surface area (Å²) < 4.78 is 2.42.